The molecule has 2 aliphatic heterocycles. The highest BCUT2D eigenvalue weighted by Crippen LogP contribution is 2.38. The molecule has 4 rings (SSSR count). The van der Waals surface area contributed by atoms with E-state index in [2.05, 4.69) is 10.3 Å². The van der Waals surface area contributed by atoms with E-state index in [0.717, 1.165) is 63.1 Å². The summed E-state index contributed by atoms with van der Waals surface area (Å²) in [5.74, 6) is 1.97. The summed E-state index contributed by atoms with van der Waals surface area (Å²) in [4.78, 5) is 23.6. The Labute approximate surface area is 143 Å². The van der Waals surface area contributed by atoms with Crippen LogP contribution in [0.25, 0.3) is 0 Å². The number of hydrogen-bond acceptors (Lipinski definition) is 5. The minimum Gasteiger partial charge on any atom is -0.441 e. The standard InChI is InChI=1S/C18H26N4O2/c1-13-11-15(21-16(20-13)14-5-9-19-10-6-14)22-12-18(24-17(22)23)7-3-2-4-8-18/h11,14,19H,2-10,12H2,1H3. The van der Waals surface area contributed by atoms with Gasteiger partial charge >= 0.3 is 6.09 Å². The molecule has 0 bridgehead atoms. The minimum absolute atomic E-state index is 0.244. The van der Waals surface area contributed by atoms with Crippen molar-refractivity contribution in [3.05, 3.63) is 17.6 Å². The number of rotatable bonds is 2. The monoisotopic (exact) mass is 330 g/mol. The molecule has 1 saturated carbocycles. The van der Waals surface area contributed by atoms with E-state index in [1.165, 1.54) is 6.42 Å². The highest BCUT2D eigenvalue weighted by atomic mass is 16.6. The number of nitrogens with one attached hydrogen (secondary N) is 1. The molecule has 6 nitrogen and oxygen atoms in total. The molecule has 3 aliphatic rings. The van der Waals surface area contributed by atoms with Gasteiger partial charge in [0, 0.05) is 17.7 Å². The van der Waals surface area contributed by atoms with Crippen LogP contribution in [0.4, 0.5) is 10.6 Å². The fraction of sp³-hybridized carbons (Fsp3) is 0.722. The van der Waals surface area contributed by atoms with E-state index in [0.29, 0.717) is 18.3 Å². The van der Waals surface area contributed by atoms with Crippen molar-refractivity contribution in [3.8, 4) is 0 Å². The van der Waals surface area contributed by atoms with Gasteiger partial charge in [-0.2, -0.15) is 0 Å². The molecule has 0 unspecified atom stereocenters. The Balaban J connectivity index is 1.59. The molecule has 6 heteroatoms. The number of ether oxygens (including phenoxy) is 1. The number of piperidine rings is 1. The first-order valence-electron chi connectivity index (χ1n) is 9.22. The van der Waals surface area contributed by atoms with Crippen LogP contribution in [0.1, 0.15) is 62.4 Å². The number of carbonyl (C=O) groups excluding carboxylic acids is 1. The highest BCUT2D eigenvalue weighted by Gasteiger charge is 2.46. The molecule has 3 fully saturated rings. The van der Waals surface area contributed by atoms with Crippen LogP contribution in [0, 0.1) is 6.92 Å². The second-order valence-corrected chi connectivity index (χ2v) is 7.45. The largest absolute Gasteiger partial charge is 0.441 e. The van der Waals surface area contributed by atoms with Crippen molar-refractivity contribution < 1.29 is 9.53 Å². The molecule has 1 amide bonds. The predicted molar refractivity (Wildman–Crippen MR) is 91.3 cm³/mol. The molecule has 1 aromatic heterocycles. The first-order valence-corrected chi connectivity index (χ1v) is 9.22. The molecule has 1 aromatic rings. The Morgan fingerprint density at radius 3 is 2.71 bits per heavy atom. The van der Waals surface area contributed by atoms with Crippen molar-refractivity contribution in [2.24, 2.45) is 0 Å². The van der Waals surface area contributed by atoms with Crippen LogP contribution in [0.3, 0.4) is 0 Å². The molecular weight excluding hydrogens is 304 g/mol. The normalized spacial score (nSPS) is 24.4. The molecular formula is C18H26N4O2. The van der Waals surface area contributed by atoms with Gasteiger partial charge in [0.1, 0.15) is 17.2 Å². The molecule has 130 valence electrons. The fourth-order valence-electron chi connectivity index (χ4n) is 4.23. The maximum atomic E-state index is 12.5. The van der Waals surface area contributed by atoms with Crippen LogP contribution in [-0.4, -0.2) is 41.3 Å². The number of hydrogen-bond donors (Lipinski definition) is 1. The van der Waals surface area contributed by atoms with E-state index in [4.69, 9.17) is 9.72 Å². The highest BCUT2D eigenvalue weighted by molar-refractivity contribution is 5.89. The van der Waals surface area contributed by atoms with Gasteiger partial charge < -0.3 is 10.1 Å². The van der Waals surface area contributed by atoms with Gasteiger partial charge in [0.25, 0.3) is 0 Å². The fourth-order valence-corrected chi connectivity index (χ4v) is 4.23. The SMILES string of the molecule is Cc1cc(N2CC3(CCCCC3)OC2=O)nc(C2CCNCC2)n1. The van der Waals surface area contributed by atoms with E-state index in [9.17, 15) is 4.79 Å². The maximum absolute atomic E-state index is 12.5. The Morgan fingerprint density at radius 1 is 1.21 bits per heavy atom. The first kappa shape index (κ1) is 15.8. The smallest absolute Gasteiger partial charge is 0.416 e. The van der Waals surface area contributed by atoms with Crippen LogP contribution < -0.4 is 10.2 Å². The number of anilines is 1. The third-order valence-corrected chi connectivity index (χ3v) is 5.57. The van der Waals surface area contributed by atoms with E-state index in [-0.39, 0.29) is 11.7 Å². The van der Waals surface area contributed by atoms with Crippen molar-refractivity contribution in [2.75, 3.05) is 24.5 Å². The number of aryl methyl sites for hydroxylation is 1. The second kappa shape index (κ2) is 6.31. The second-order valence-electron chi connectivity index (χ2n) is 7.45. The van der Waals surface area contributed by atoms with Crippen LogP contribution in [-0.2, 0) is 4.74 Å². The molecule has 1 aliphatic carbocycles. The molecule has 0 aromatic carbocycles. The molecule has 3 heterocycles. The number of nitrogens with zero attached hydrogens (tertiary/aromatic N) is 3. The van der Waals surface area contributed by atoms with Crippen molar-refractivity contribution in [1.29, 1.82) is 0 Å². The third-order valence-electron chi connectivity index (χ3n) is 5.57. The lowest BCUT2D eigenvalue weighted by Gasteiger charge is -2.30. The molecule has 2 saturated heterocycles. The van der Waals surface area contributed by atoms with Crippen LogP contribution >= 0.6 is 0 Å². The summed E-state index contributed by atoms with van der Waals surface area (Å²) in [7, 11) is 0. The topological polar surface area (TPSA) is 67.3 Å². The van der Waals surface area contributed by atoms with E-state index in [1.807, 2.05) is 13.0 Å². The summed E-state index contributed by atoms with van der Waals surface area (Å²) >= 11 is 0. The lowest BCUT2D eigenvalue weighted by Crippen LogP contribution is -2.37. The van der Waals surface area contributed by atoms with Crippen molar-refractivity contribution >= 4 is 11.9 Å². The van der Waals surface area contributed by atoms with Gasteiger partial charge in [-0.05, 0) is 58.5 Å². The van der Waals surface area contributed by atoms with Gasteiger partial charge in [-0.1, -0.05) is 6.42 Å². The van der Waals surface area contributed by atoms with E-state index in [1.54, 1.807) is 4.90 Å². The van der Waals surface area contributed by atoms with Gasteiger partial charge in [0.05, 0.1) is 6.54 Å². The summed E-state index contributed by atoms with van der Waals surface area (Å²) in [5.41, 5.74) is 0.634. The summed E-state index contributed by atoms with van der Waals surface area (Å²) in [6.45, 7) is 4.62. The summed E-state index contributed by atoms with van der Waals surface area (Å²) in [5, 5.41) is 3.37. The van der Waals surface area contributed by atoms with Crippen LogP contribution in [0.5, 0.6) is 0 Å². The number of amides is 1. The Morgan fingerprint density at radius 2 is 1.96 bits per heavy atom. The maximum Gasteiger partial charge on any atom is 0.416 e. The molecule has 1 spiro atoms. The lowest BCUT2D eigenvalue weighted by molar-refractivity contribution is 0.0260. The Bertz CT molecular complexity index is 621. The van der Waals surface area contributed by atoms with Crippen LogP contribution in [0.15, 0.2) is 6.07 Å². The van der Waals surface area contributed by atoms with Gasteiger partial charge in [0.15, 0.2) is 0 Å². The van der Waals surface area contributed by atoms with Crippen LogP contribution in [0.2, 0.25) is 0 Å². The minimum atomic E-state index is -0.289. The zero-order valence-electron chi connectivity index (χ0n) is 14.4. The Kier molecular flexibility index (Phi) is 4.16. The van der Waals surface area contributed by atoms with Gasteiger partial charge in [0.2, 0.25) is 0 Å². The van der Waals surface area contributed by atoms with Crippen molar-refractivity contribution in [3.63, 3.8) is 0 Å². The van der Waals surface area contributed by atoms with Crippen molar-refractivity contribution in [2.45, 2.75) is 63.4 Å². The zero-order chi connectivity index (χ0) is 16.6. The quantitative estimate of drug-likeness (QED) is 0.903. The van der Waals surface area contributed by atoms with Gasteiger partial charge in [-0.25, -0.2) is 14.8 Å². The average Bonchev–Trinajstić information content (AvgIpc) is 2.91. The predicted octanol–water partition coefficient (Wildman–Crippen LogP) is 2.91. The number of carbonyl (C=O) groups is 1. The Hall–Kier alpha value is -1.69. The average molecular weight is 330 g/mol. The summed E-state index contributed by atoms with van der Waals surface area (Å²) < 4.78 is 5.80. The molecule has 24 heavy (non-hydrogen) atoms. The first-order chi connectivity index (χ1) is 11.7. The van der Waals surface area contributed by atoms with Crippen molar-refractivity contribution in [1.82, 2.24) is 15.3 Å². The molecule has 1 N–H and O–H groups in total. The van der Waals surface area contributed by atoms with E-state index >= 15 is 0 Å². The zero-order valence-corrected chi connectivity index (χ0v) is 14.4. The summed E-state index contributed by atoms with van der Waals surface area (Å²) in [6, 6.07) is 1.91. The van der Waals surface area contributed by atoms with E-state index < -0.39 is 0 Å². The lowest BCUT2D eigenvalue weighted by atomic mass is 9.85. The van der Waals surface area contributed by atoms with Gasteiger partial charge in [-0.15, -0.1) is 0 Å². The van der Waals surface area contributed by atoms with Gasteiger partial charge in [-0.3, -0.25) is 4.90 Å². The molecule has 0 atom stereocenters. The third kappa shape index (κ3) is 2.99. The number of aromatic nitrogens is 2. The molecule has 0 radical (unpaired) electrons. The summed E-state index contributed by atoms with van der Waals surface area (Å²) in [6.07, 6.45) is 7.33.